The number of nitrogens with zero attached hydrogens (tertiary/aromatic N) is 2. The first-order valence-corrected chi connectivity index (χ1v) is 13.6. The van der Waals surface area contributed by atoms with Crippen molar-refractivity contribution in [3.05, 3.63) is 30.5 Å². The predicted molar refractivity (Wildman–Crippen MR) is 149 cm³/mol. The number of urea groups is 1. The van der Waals surface area contributed by atoms with Crippen LogP contribution in [-0.2, 0) is 19.1 Å². The fourth-order valence-corrected chi connectivity index (χ4v) is 4.51. The number of rotatable bonds is 11. The molecule has 1 aliphatic rings. The summed E-state index contributed by atoms with van der Waals surface area (Å²) in [7, 11) is 1.60. The van der Waals surface area contributed by atoms with E-state index in [1.807, 2.05) is 25.1 Å². The molecule has 1 aromatic heterocycles. The van der Waals surface area contributed by atoms with Crippen LogP contribution >= 0.6 is 0 Å². The van der Waals surface area contributed by atoms with Gasteiger partial charge in [-0.05, 0) is 50.6 Å². The van der Waals surface area contributed by atoms with Gasteiger partial charge in [0.2, 0.25) is 0 Å². The maximum Gasteiger partial charge on any atom is 0.414 e. The molecule has 2 aromatic rings. The molecule has 3 rings (SSSR count). The molecule has 0 aliphatic carbocycles. The number of likely N-dealkylation sites (tertiary alicyclic amines) is 1. The lowest BCUT2D eigenvalue weighted by atomic mass is 9.92. The quantitative estimate of drug-likeness (QED) is 0.180. The van der Waals surface area contributed by atoms with E-state index in [1.54, 1.807) is 19.4 Å². The molecule has 1 saturated heterocycles. The van der Waals surface area contributed by atoms with Crippen LogP contribution in [0.15, 0.2) is 30.5 Å². The summed E-state index contributed by atoms with van der Waals surface area (Å²) in [5, 5.41) is 21.5. The van der Waals surface area contributed by atoms with Gasteiger partial charge in [-0.25, -0.2) is 14.4 Å². The Morgan fingerprint density at radius 2 is 1.77 bits per heavy atom. The van der Waals surface area contributed by atoms with E-state index in [2.05, 4.69) is 27.4 Å². The Kier molecular flexibility index (Phi) is 13.6. The number of aliphatic carboxylic acids is 2. The number of esters is 1. The summed E-state index contributed by atoms with van der Waals surface area (Å²) in [5.74, 6) is -3.59. The number of amides is 2. The topological polar surface area (TPSA) is 167 Å². The molecule has 40 heavy (non-hydrogen) atoms. The van der Waals surface area contributed by atoms with Crippen molar-refractivity contribution < 1.29 is 38.9 Å². The number of carbonyl (C=O) groups is 4. The first-order chi connectivity index (χ1) is 19.2. The number of hydrogen-bond acceptors (Lipinski definition) is 8. The van der Waals surface area contributed by atoms with E-state index in [0.29, 0.717) is 31.0 Å². The summed E-state index contributed by atoms with van der Waals surface area (Å²) in [6, 6.07) is 6.66. The summed E-state index contributed by atoms with van der Waals surface area (Å²) in [5.41, 5.74) is 1.40. The normalized spacial score (nSPS) is 16.8. The predicted octanol–water partition coefficient (Wildman–Crippen LogP) is 3.74. The number of anilines is 1. The van der Waals surface area contributed by atoms with Crippen LogP contribution in [0.1, 0.15) is 52.4 Å². The molecule has 0 bridgehead atoms. The lowest BCUT2D eigenvalue weighted by Gasteiger charge is -2.37. The molecule has 0 radical (unpaired) electrons. The second kappa shape index (κ2) is 16.9. The van der Waals surface area contributed by atoms with E-state index < -0.39 is 11.9 Å². The van der Waals surface area contributed by atoms with E-state index in [1.165, 1.54) is 25.7 Å². The third-order valence-corrected chi connectivity index (χ3v) is 6.56. The standard InChI is InChI=1S/C26H38N4O4.C2H2O4/c1-4-6-7-8-9-15-30-16-13-24(21(18-30)25(31)34-5-2)29-26(32)28-23-12-14-27-22-11-10-19(33-3)17-20(22)23;3-1(4)2(5)6/h10-12,14,17,21,24H,4-9,13,15-16,18H2,1-3H3,(H2,27,28,29,32);(H,3,4)(H,5,6)/t21-,24+;/m1./s1. The molecule has 0 saturated carbocycles. The van der Waals surface area contributed by atoms with Gasteiger partial charge in [-0.3, -0.25) is 9.78 Å². The maximum atomic E-state index is 12.9. The van der Waals surface area contributed by atoms with Crippen LogP contribution in [0.5, 0.6) is 5.75 Å². The molecule has 1 aromatic carbocycles. The number of aromatic nitrogens is 1. The van der Waals surface area contributed by atoms with Crippen LogP contribution < -0.4 is 15.4 Å². The fraction of sp³-hybridized carbons (Fsp3) is 0.536. The minimum absolute atomic E-state index is 0.248. The van der Waals surface area contributed by atoms with E-state index in [4.69, 9.17) is 29.3 Å². The Morgan fingerprint density at radius 3 is 2.42 bits per heavy atom. The Hall–Kier alpha value is -3.93. The van der Waals surface area contributed by atoms with Gasteiger partial charge < -0.3 is 35.2 Å². The fourth-order valence-electron chi connectivity index (χ4n) is 4.51. The highest BCUT2D eigenvalue weighted by Gasteiger charge is 2.36. The van der Waals surface area contributed by atoms with Crippen molar-refractivity contribution in [3.63, 3.8) is 0 Å². The second-order valence-electron chi connectivity index (χ2n) is 9.42. The molecule has 1 fully saturated rings. The Morgan fingerprint density at radius 1 is 1.05 bits per heavy atom. The van der Waals surface area contributed by atoms with Crippen molar-refractivity contribution in [2.45, 2.75) is 58.4 Å². The molecule has 12 nitrogen and oxygen atoms in total. The number of fused-ring (bicyclic) bond motifs is 1. The van der Waals surface area contributed by atoms with Gasteiger partial charge in [0.15, 0.2) is 0 Å². The molecule has 12 heteroatoms. The number of benzene rings is 1. The van der Waals surface area contributed by atoms with Crippen molar-refractivity contribution in [1.29, 1.82) is 0 Å². The SMILES string of the molecule is CCCCCCCN1CC[C@H](NC(=O)Nc2ccnc3ccc(OC)cc23)[C@H](C(=O)OCC)C1.O=C(O)C(=O)O. The highest BCUT2D eigenvalue weighted by atomic mass is 16.5. The third-order valence-electron chi connectivity index (χ3n) is 6.56. The number of hydrogen-bond donors (Lipinski definition) is 4. The molecule has 4 N–H and O–H groups in total. The van der Waals surface area contributed by atoms with Gasteiger partial charge in [-0.1, -0.05) is 32.6 Å². The highest BCUT2D eigenvalue weighted by molar-refractivity contribution is 6.27. The molecular weight excluding hydrogens is 520 g/mol. The van der Waals surface area contributed by atoms with Crippen LogP contribution in [0.2, 0.25) is 0 Å². The van der Waals surface area contributed by atoms with Gasteiger partial charge in [0, 0.05) is 30.7 Å². The zero-order valence-electron chi connectivity index (χ0n) is 23.4. The van der Waals surface area contributed by atoms with Crippen LogP contribution in [0, 0.1) is 5.92 Å². The lowest BCUT2D eigenvalue weighted by molar-refractivity contribution is -0.159. The molecule has 2 atom stereocenters. The number of ether oxygens (including phenoxy) is 2. The van der Waals surface area contributed by atoms with Crippen LogP contribution in [-0.4, -0.2) is 83.4 Å². The zero-order chi connectivity index (χ0) is 29.5. The molecule has 2 heterocycles. The average Bonchev–Trinajstić information content (AvgIpc) is 2.94. The van der Waals surface area contributed by atoms with E-state index in [9.17, 15) is 9.59 Å². The highest BCUT2D eigenvalue weighted by Crippen LogP contribution is 2.26. The maximum absolute atomic E-state index is 12.9. The van der Waals surface area contributed by atoms with E-state index >= 15 is 0 Å². The smallest absolute Gasteiger partial charge is 0.414 e. The summed E-state index contributed by atoms with van der Waals surface area (Å²) in [6.07, 6.45) is 8.46. The van der Waals surface area contributed by atoms with Crippen molar-refractivity contribution in [2.75, 3.05) is 38.7 Å². The number of carbonyl (C=O) groups excluding carboxylic acids is 2. The van der Waals surface area contributed by atoms with Gasteiger partial charge in [-0.2, -0.15) is 0 Å². The monoisotopic (exact) mass is 560 g/mol. The summed E-state index contributed by atoms with van der Waals surface area (Å²) in [4.78, 5) is 50.5. The van der Waals surface area contributed by atoms with Gasteiger partial charge in [-0.15, -0.1) is 0 Å². The van der Waals surface area contributed by atoms with Crippen molar-refractivity contribution in [2.24, 2.45) is 5.92 Å². The molecule has 2 amide bonds. The Balaban J connectivity index is 0.000000840. The first kappa shape index (κ1) is 32.3. The minimum Gasteiger partial charge on any atom is -0.497 e. The van der Waals surface area contributed by atoms with Crippen molar-refractivity contribution in [1.82, 2.24) is 15.2 Å². The van der Waals surface area contributed by atoms with E-state index in [-0.39, 0.29) is 24.0 Å². The molecule has 0 unspecified atom stereocenters. The molecular formula is C28H40N4O8. The number of carboxylic acids is 2. The molecule has 1 aliphatic heterocycles. The van der Waals surface area contributed by atoms with Gasteiger partial charge >= 0.3 is 23.9 Å². The van der Waals surface area contributed by atoms with Crippen molar-refractivity contribution >= 4 is 40.5 Å². The van der Waals surface area contributed by atoms with Gasteiger partial charge in [0.05, 0.1) is 30.8 Å². The number of unbranched alkanes of at least 4 members (excludes halogenated alkanes) is 4. The van der Waals surface area contributed by atoms with Gasteiger partial charge in [0.1, 0.15) is 5.75 Å². The number of piperidine rings is 1. The number of methoxy groups -OCH3 is 1. The van der Waals surface area contributed by atoms with E-state index in [0.717, 1.165) is 30.4 Å². The lowest BCUT2D eigenvalue weighted by Crippen LogP contribution is -2.54. The average molecular weight is 561 g/mol. The Bertz CT molecular complexity index is 1130. The minimum atomic E-state index is -1.82. The van der Waals surface area contributed by atoms with Crippen LogP contribution in [0.3, 0.4) is 0 Å². The van der Waals surface area contributed by atoms with Crippen LogP contribution in [0.4, 0.5) is 10.5 Å². The number of pyridine rings is 1. The zero-order valence-corrected chi connectivity index (χ0v) is 23.4. The largest absolute Gasteiger partial charge is 0.497 e. The summed E-state index contributed by atoms with van der Waals surface area (Å²) in [6.45, 7) is 6.78. The van der Waals surface area contributed by atoms with Crippen LogP contribution in [0.25, 0.3) is 10.9 Å². The number of carboxylic acid groups (broad SMARTS) is 2. The number of nitrogens with one attached hydrogen (secondary N) is 2. The summed E-state index contributed by atoms with van der Waals surface area (Å²) >= 11 is 0. The van der Waals surface area contributed by atoms with Gasteiger partial charge in [0.25, 0.3) is 0 Å². The third kappa shape index (κ3) is 10.3. The van der Waals surface area contributed by atoms with Crippen molar-refractivity contribution in [3.8, 4) is 5.75 Å². The summed E-state index contributed by atoms with van der Waals surface area (Å²) < 4.78 is 10.7. The molecule has 220 valence electrons. The molecule has 0 spiro atoms. The Labute approximate surface area is 234 Å². The second-order valence-corrected chi connectivity index (χ2v) is 9.42. The first-order valence-electron chi connectivity index (χ1n) is 13.6.